The third kappa shape index (κ3) is 6.86. The second-order valence-electron chi connectivity index (χ2n) is 17.9. The molecular formula is C53H49N4Pt-3. The van der Waals surface area contributed by atoms with E-state index in [0.717, 1.165) is 50.7 Å². The van der Waals surface area contributed by atoms with Gasteiger partial charge in [0.2, 0.25) is 0 Å². The fraction of sp³-hybridized carbons (Fsp3) is 0.208. The van der Waals surface area contributed by atoms with E-state index in [1.165, 1.54) is 33.0 Å². The van der Waals surface area contributed by atoms with Crippen LogP contribution in [-0.4, -0.2) is 9.55 Å². The molecule has 0 saturated heterocycles. The van der Waals surface area contributed by atoms with Crippen molar-refractivity contribution in [2.45, 2.75) is 71.6 Å². The Morgan fingerprint density at radius 2 is 1.17 bits per heavy atom. The van der Waals surface area contributed by atoms with Gasteiger partial charge in [-0.3, -0.25) is 0 Å². The number of nitrogens with zero attached hydrogens (tertiary/aromatic N) is 4. The van der Waals surface area contributed by atoms with E-state index in [9.17, 15) is 0 Å². The van der Waals surface area contributed by atoms with Crippen molar-refractivity contribution >= 4 is 44.6 Å². The molecule has 0 bridgehead atoms. The first-order chi connectivity index (χ1) is 27.3. The van der Waals surface area contributed by atoms with E-state index in [4.69, 9.17) is 4.98 Å². The number of hydrogen-bond donors (Lipinski definition) is 0. The zero-order valence-electron chi connectivity index (χ0n) is 34.5. The number of para-hydroxylation sites is 4. The van der Waals surface area contributed by atoms with E-state index >= 15 is 0 Å². The summed E-state index contributed by atoms with van der Waals surface area (Å²) in [5.41, 5.74) is 13.1. The molecule has 3 heterocycles. The molecule has 0 radical (unpaired) electrons. The second kappa shape index (κ2) is 14.7. The number of benzene rings is 6. The van der Waals surface area contributed by atoms with Crippen molar-refractivity contribution in [2.24, 2.45) is 0 Å². The van der Waals surface area contributed by atoms with Gasteiger partial charge in [-0.05, 0) is 69.2 Å². The minimum absolute atomic E-state index is 0. The normalized spacial score (nSPS) is 13.2. The molecule has 8 aromatic rings. The van der Waals surface area contributed by atoms with Crippen LogP contribution >= 0.6 is 0 Å². The molecule has 5 heteroatoms. The van der Waals surface area contributed by atoms with E-state index in [1.54, 1.807) is 0 Å². The van der Waals surface area contributed by atoms with Gasteiger partial charge in [0, 0.05) is 55.4 Å². The fourth-order valence-corrected chi connectivity index (χ4v) is 8.14. The Bertz CT molecular complexity index is 2780. The minimum atomic E-state index is -0.439. The maximum Gasteiger partial charge on any atom is 0.135 e. The topological polar surface area (TPSA) is 24.3 Å². The molecule has 0 spiro atoms. The summed E-state index contributed by atoms with van der Waals surface area (Å²) in [7, 11) is 0. The van der Waals surface area contributed by atoms with Crippen molar-refractivity contribution in [2.75, 3.05) is 9.80 Å². The van der Waals surface area contributed by atoms with Gasteiger partial charge in [-0.25, -0.2) is 4.98 Å². The maximum absolute atomic E-state index is 4.93. The Labute approximate surface area is 358 Å². The molecule has 0 atom stereocenters. The monoisotopic (exact) mass is 936 g/mol. The SMILES string of the molecule is CC(C)(C)c1cc(N2[CH-]N(c3ccccc3-c3ccccc3)c3ccccc32)[c-]c(C(C)(C)c2[c-]c3c(cc2)c2ccccc2n3-c2cc(C(C)(C)C)ccn2)c1.[Pt]. The molecule has 6 aromatic carbocycles. The van der Waals surface area contributed by atoms with Gasteiger partial charge < -0.3 is 14.4 Å². The number of fused-ring (bicyclic) bond motifs is 4. The van der Waals surface area contributed by atoms with Crippen molar-refractivity contribution in [1.29, 1.82) is 0 Å². The molecule has 0 amide bonds. The molecule has 58 heavy (non-hydrogen) atoms. The Balaban J connectivity index is 0.00000469. The van der Waals surface area contributed by atoms with Crippen LogP contribution in [0.1, 0.15) is 77.6 Å². The summed E-state index contributed by atoms with van der Waals surface area (Å²) in [5.74, 6) is 0.907. The van der Waals surface area contributed by atoms with E-state index in [2.05, 4.69) is 228 Å². The molecule has 0 aliphatic carbocycles. The number of rotatable bonds is 6. The van der Waals surface area contributed by atoms with Crippen LogP contribution in [0.5, 0.6) is 0 Å². The van der Waals surface area contributed by atoms with Crippen LogP contribution in [0.25, 0.3) is 38.8 Å². The van der Waals surface area contributed by atoms with Crippen molar-refractivity contribution in [3.63, 3.8) is 0 Å². The van der Waals surface area contributed by atoms with Gasteiger partial charge in [0.15, 0.2) is 0 Å². The number of anilines is 4. The first-order valence-corrected chi connectivity index (χ1v) is 20.0. The Kier molecular flexibility index (Phi) is 10.0. The summed E-state index contributed by atoms with van der Waals surface area (Å²) in [6, 6.07) is 58.1. The molecule has 1 aliphatic heterocycles. The molecule has 0 N–H and O–H groups in total. The van der Waals surface area contributed by atoms with Gasteiger partial charge in [-0.2, -0.15) is 47.0 Å². The molecule has 1 aliphatic rings. The first-order valence-electron chi connectivity index (χ1n) is 20.0. The standard InChI is InChI=1S/C53H49N4.Pt/c1-51(2,3)37-28-29-54-50(34-37)57-46-23-15-13-21-43(46)44-27-26-38(33-49(44)57)53(7,8)40-30-39(52(4,5)6)31-41(32-40)55-35-56(48-25-17-16-24-47(48)55)45-22-14-12-20-42(45)36-18-10-9-11-19-36;/h9-31,34-35H,1-8H3;/q-3;. The van der Waals surface area contributed by atoms with E-state index < -0.39 is 5.41 Å². The van der Waals surface area contributed by atoms with Crippen LogP contribution in [0.3, 0.4) is 0 Å². The number of pyridine rings is 1. The molecule has 9 rings (SSSR count). The average Bonchev–Trinajstić information content (AvgIpc) is 3.76. The predicted molar refractivity (Wildman–Crippen MR) is 239 cm³/mol. The van der Waals surface area contributed by atoms with Crippen LogP contribution in [0.4, 0.5) is 22.7 Å². The molecule has 0 fully saturated rings. The van der Waals surface area contributed by atoms with Gasteiger partial charge in [0.25, 0.3) is 0 Å². The zero-order valence-corrected chi connectivity index (χ0v) is 36.8. The quantitative estimate of drug-likeness (QED) is 0.155. The van der Waals surface area contributed by atoms with Gasteiger partial charge in [-0.15, -0.1) is 23.8 Å². The first kappa shape index (κ1) is 39.4. The summed E-state index contributed by atoms with van der Waals surface area (Å²) in [6.45, 7) is 20.5. The van der Waals surface area contributed by atoms with Crippen LogP contribution < -0.4 is 9.80 Å². The molecule has 0 saturated carbocycles. The molecule has 294 valence electrons. The Hall–Kier alpha value is -5.44. The third-order valence-corrected chi connectivity index (χ3v) is 11.6. The number of aromatic nitrogens is 2. The molecular weight excluding hydrogens is 888 g/mol. The van der Waals surface area contributed by atoms with Crippen molar-refractivity contribution in [3.05, 3.63) is 187 Å². The van der Waals surface area contributed by atoms with Gasteiger partial charge in [-0.1, -0.05) is 140 Å². The van der Waals surface area contributed by atoms with Crippen molar-refractivity contribution < 1.29 is 21.1 Å². The third-order valence-electron chi connectivity index (χ3n) is 11.6. The summed E-state index contributed by atoms with van der Waals surface area (Å²) in [4.78, 5) is 9.57. The smallest absolute Gasteiger partial charge is 0.135 e. The zero-order chi connectivity index (χ0) is 39.7. The van der Waals surface area contributed by atoms with Crippen LogP contribution in [0, 0.1) is 18.8 Å². The largest absolute Gasteiger partial charge is 0.493 e. The van der Waals surface area contributed by atoms with E-state index in [1.807, 2.05) is 6.20 Å². The molecule has 4 nitrogen and oxygen atoms in total. The van der Waals surface area contributed by atoms with Gasteiger partial charge in [0.05, 0.1) is 0 Å². The van der Waals surface area contributed by atoms with Gasteiger partial charge >= 0.3 is 0 Å². The average molecular weight is 937 g/mol. The fourth-order valence-electron chi connectivity index (χ4n) is 8.14. The number of hydrogen-bond acceptors (Lipinski definition) is 3. The molecule has 2 aromatic heterocycles. The van der Waals surface area contributed by atoms with Crippen LogP contribution in [-0.2, 0) is 37.3 Å². The summed E-state index contributed by atoms with van der Waals surface area (Å²) >= 11 is 0. The molecule has 0 unspecified atom stereocenters. The second-order valence-corrected chi connectivity index (χ2v) is 17.9. The van der Waals surface area contributed by atoms with Crippen molar-refractivity contribution in [1.82, 2.24) is 9.55 Å². The summed E-state index contributed by atoms with van der Waals surface area (Å²) in [6.07, 6.45) is 1.94. The van der Waals surface area contributed by atoms with Crippen LogP contribution in [0.15, 0.2) is 146 Å². The van der Waals surface area contributed by atoms with E-state index in [0.29, 0.717) is 0 Å². The summed E-state index contributed by atoms with van der Waals surface area (Å²) < 4.78 is 2.29. The maximum atomic E-state index is 4.93. The minimum Gasteiger partial charge on any atom is -0.493 e. The Morgan fingerprint density at radius 1 is 0.534 bits per heavy atom. The van der Waals surface area contributed by atoms with Gasteiger partial charge in [0.1, 0.15) is 5.82 Å². The van der Waals surface area contributed by atoms with Crippen LogP contribution in [0.2, 0.25) is 0 Å². The predicted octanol–water partition coefficient (Wildman–Crippen LogP) is 13.8. The Morgan fingerprint density at radius 3 is 1.90 bits per heavy atom. The van der Waals surface area contributed by atoms with Crippen molar-refractivity contribution in [3.8, 4) is 16.9 Å². The van der Waals surface area contributed by atoms with E-state index in [-0.39, 0.29) is 31.9 Å². The summed E-state index contributed by atoms with van der Waals surface area (Å²) in [5, 5.41) is 2.36.